The van der Waals surface area contributed by atoms with Crippen molar-refractivity contribution in [3.05, 3.63) is 47.5 Å². The summed E-state index contributed by atoms with van der Waals surface area (Å²) in [6, 6.07) is 7.86. The molecule has 0 aliphatic heterocycles. The highest BCUT2D eigenvalue weighted by Gasteiger charge is 1.91. The second-order valence-electron chi connectivity index (χ2n) is 4.59. The van der Waals surface area contributed by atoms with Crippen molar-refractivity contribution in [2.75, 3.05) is 0 Å². The van der Waals surface area contributed by atoms with Crippen LogP contribution in [0.25, 0.3) is 12.2 Å². The number of carboxylic acid groups (broad SMARTS) is 1. The van der Waals surface area contributed by atoms with Crippen molar-refractivity contribution in [1.82, 2.24) is 0 Å². The Kier molecular flexibility index (Phi) is 10.8. The van der Waals surface area contributed by atoms with E-state index in [1.54, 1.807) is 6.08 Å². The van der Waals surface area contributed by atoms with Gasteiger partial charge in [-0.2, -0.15) is 0 Å². The largest absolute Gasteiger partial charge is 0.478 e. The van der Waals surface area contributed by atoms with Gasteiger partial charge in [-0.1, -0.05) is 62.6 Å². The quantitative estimate of drug-likeness (QED) is 0.451. The Hall–Kier alpha value is -1.30. The van der Waals surface area contributed by atoms with Crippen LogP contribution in [0.2, 0.25) is 0 Å². The molecule has 0 unspecified atom stereocenters. The van der Waals surface area contributed by atoms with Crippen LogP contribution in [0.5, 0.6) is 0 Å². The Morgan fingerprint density at radius 2 is 1.65 bits per heavy atom. The van der Waals surface area contributed by atoms with Crippen molar-refractivity contribution in [2.45, 2.75) is 39.0 Å². The molecule has 0 bridgehead atoms. The molecule has 3 heteroatoms. The van der Waals surface area contributed by atoms with Crippen LogP contribution in [-0.2, 0) is 4.79 Å². The molecule has 0 atom stereocenters. The molecule has 0 heterocycles. The van der Waals surface area contributed by atoms with E-state index in [0.717, 1.165) is 23.6 Å². The van der Waals surface area contributed by atoms with Crippen LogP contribution in [0.4, 0.5) is 0 Å². The number of hydrogen-bond acceptors (Lipinski definition) is 1. The number of aliphatic carboxylic acids is 1. The van der Waals surface area contributed by atoms with Gasteiger partial charge in [0.05, 0.1) is 0 Å². The Morgan fingerprint density at radius 3 is 2.20 bits per heavy atom. The predicted octanol–water partition coefficient (Wildman–Crippen LogP) is 3.58. The highest BCUT2D eigenvalue weighted by molar-refractivity contribution is 5.85. The molecular formula is C17H25AlO2. The zero-order valence-electron chi connectivity index (χ0n) is 11.5. The fourth-order valence-corrected chi connectivity index (χ4v) is 1.79. The van der Waals surface area contributed by atoms with Gasteiger partial charge < -0.3 is 5.11 Å². The van der Waals surface area contributed by atoms with Crippen LogP contribution in [0, 0.1) is 0 Å². The first-order chi connectivity index (χ1) is 9.22. The van der Waals surface area contributed by atoms with Crippen LogP contribution in [0.1, 0.15) is 50.2 Å². The SMILES string of the molecule is CCCCCCC=Cc1ccc(C=CC(=O)O)cc1.[AlH3]. The lowest BCUT2D eigenvalue weighted by Crippen LogP contribution is -1.85. The molecule has 0 radical (unpaired) electrons. The van der Waals surface area contributed by atoms with Crippen molar-refractivity contribution in [3.8, 4) is 0 Å². The summed E-state index contributed by atoms with van der Waals surface area (Å²) < 4.78 is 0. The standard InChI is InChI=1S/C17H22O2.Al.3H/c1-2-3-4-5-6-7-8-15-9-11-16(12-10-15)13-14-17(18)19;;;;/h7-14H,2-6H2,1H3,(H,18,19);;;;. The lowest BCUT2D eigenvalue weighted by Gasteiger charge is -1.97. The maximum absolute atomic E-state index is 10.4. The lowest BCUT2D eigenvalue weighted by atomic mass is 10.1. The van der Waals surface area contributed by atoms with Gasteiger partial charge in [0.1, 0.15) is 0 Å². The van der Waals surface area contributed by atoms with Gasteiger partial charge >= 0.3 is 5.97 Å². The first-order valence-electron chi connectivity index (χ1n) is 6.90. The van der Waals surface area contributed by atoms with E-state index in [0.29, 0.717) is 0 Å². The maximum Gasteiger partial charge on any atom is 0.328 e. The molecule has 1 rings (SSSR count). The Labute approximate surface area is 132 Å². The molecule has 0 fully saturated rings. The van der Waals surface area contributed by atoms with Gasteiger partial charge in [-0.3, -0.25) is 0 Å². The minimum Gasteiger partial charge on any atom is -0.478 e. The first kappa shape index (κ1) is 18.7. The molecule has 2 nitrogen and oxygen atoms in total. The minimum atomic E-state index is -0.920. The van der Waals surface area contributed by atoms with Crippen LogP contribution in [0.15, 0.2) is 36.4 Å². The summed E-state index contributed by atoms with van der Waals surface area (Å²) in [7, 11) is 0. The molecule has 0 aliphatic rings. The summed E-state index contributed by atoms with van der Waals surface area (Å²) in [6.45, 7) is 2.22. The average molecular weight is 288 g/mol. The van der Waals surface area contributed by atoms with E-state index in [1.165, 1.54) is 25.7 Å². The van der Waals surface area contributed by atoms with E-state index < -0.39 is 5.97 Å². The average Bonchev–Trinajstić information content (AvgIpc) is 2.41. The Balaban J connectivity index is 0.00000361. The van der Waals surface area contributed by atoms with E-state index in [9.17, 15) is 4.79 Å². The summed E-state index contributed by atoms with van der Waals surface area (Å²) in [4.78, 5) is 10.4. The van der Waals surface area contributed by atoms with Crippen LogP contribution in [-0.4, -0.2) is 28.4 Å². The third-order valence-corrected chi connectivity index (χ3v) is 2.89. The van der Waals surface area contributed by atoms with Crippen molar-refractivity contribution in [2.24, 2.45) is 0 Å². The molecule has 0 aliphatic carbocycles. The van der Waals surface area contributed by atoms with Crippen molar-refractivity contribution < 1.29 is 9.90 Å². The monoisotopic (exact) mass is 288 g/mol. The first-order valence-corrected chi connectivity index (χ1v) is 6.90. The second kappa shape index (κ2) is 11.5. The van der Waals surface area contributed by atoms with Crippen molar-refractivity contribution in [3.63, 3.8) is 0 Å². The third-order valence-electron chi connectivity index (χ3n) is 2.89. The highest BCUT2D eigenvalue weighted by atomic mass is 27.0. The summed E-state index contributed by atoms with van der Waals surface area (Å²) >= 11 is 0. The van der Waals surface area contributed by atoms with Crippen LogP contribution in [0.3, 0.4) is 0 Å². The lowest BCUT2D eigenvalue weighted by molar-refractivity contribution is -0.131. The summed E-state index contributed by atoms with van der Waals surface area (Å²) in [5.74, 6) is -0.920. The molecule has 1 aromatic carbocycles. The van der Waals surface area contributed by atoms with Gasteiger partial charge in [0.2, 0.25) is 0 Å². The normalized spacial score (nSPS) is 10.8. The molecule has 0 aromatic heterocycles. The van der Waals surface area contributed by atoms with Gasteiger partial charge in [0, 0.05) is 6.08 Å². The molecule has 0 saturated heterocycles. The molecular weight excluding hydrogens is 263 g/mol. The van der Waals surface area contributed by atoms with Crippen LogP contribution < -0.4 is 0 Å². The molecule has 20 heavy (non-hydrogen) atoms. The second-order valence-corrected chi connectivity index (χ2v) is 4.59. The minimum absolute atomic E-state index is 0. The Morgan fingerprint density at radius 1 is 1.05 bits per heavy atom. The number of carboxylic acids is 1. The molecule has 0 saturated carbocycles. The predicted molar refractivity (Wildman–Crippen MR) is 90.8 cm³/mol. The fourth-order valence-electron chi connectivity index (χ4n) is 1.79. The fraction of sp³-hybridized carbons (Fsp3) is 0.353. The summed E-state index contributed by atoms with van der Waals surface area (Å²) in [5.41, 5.74) is 2.06. The number of hydrogen-bond donors (Lipinski definition) is 1. The number of carbonyl (C=O) groups is 1. The number of rotatable bonds is 8. The smallest absolute Gasteiger partial charge is 0.328 e. The zero-order valence-corrected chi connectivity index (χ0v) is 11.5. The van der Waals surface area contributed by atoms with Gasteiger partial charge in [-0.25, -0.2) is 4.79 Å². The third kappa shape index (κ3) is 8.74. The topological polar surface area (TPSA) is 37.3 Å². The van der Waals surface area contributed by atoms with Crippen LogP contribution >= 0.6 is 0 Å². The van der Waals surface area contributed by atoms with E-state index >= 15 is 0 Å². The van der Waals surface area contributed by atoms with Crippen molar-refractivity contribution >= 4 is 35.5 Å². The summed E-state index contributed by atoms with van der Waals surface area (Å²) in [6.07, 6.45) is 13.4. The van der Waals surface area contributed by atoms with Gasteiger partial charge in [-0.15, -0.1) is 0 Å². The number of unbranched alkanes of at least 4 members (excludes halogenated alkanes) is 4. The number of allylic oxidation sites excluding steroid dienone is 1. The Bertz CT molecular complexity index is 433. The molecule has 0 amide bonds. The van der Waals surface area contributed by atoms with E-state index in [-0.39, 0.29) is 17.4 Å². The number of benzene rings is 1. The van der Waals surface area contributed by atoms with Crippen molar-refractivity contribution in [1.29, 1.82) is 0 Å². The molecule has 1 N–H and O–H groups in total. The highest BCUT2D eigenvalue weighted by Crippen LogP contribution is 2.09. The molecule has 1 aromatic rings. The van der Waals surface area contributed by atoms with Gasteiger partial charge in [0.25, 0.3) is 0 Å². The van der Waals surface area contributed by atoms with Gasteiger partial charge in [-0.05, 0) is 30.0 Å². The molecule has 0 spiro atoms. The maximum atomic E-state index is 10.4. The molecule has 108 valence electrons. The van der Waals surface area contributed by atoms with E-state index in [2.05, 4.69) is 19.1 Å². The van der Waals surface area contributed by atoms with E-state index in [1.807, 2.05) is 24.3 Å². The van der Waals surface area contributed by atoms with Gasteiger partial charge in [0.15, 0.2) is 17.4 Å². The summed E-state index contributed by atoms with van der Waals surface area (Å²) in [5, 5.41) is 8.54. The zero-order chi connectivity index (χ0) is 13.9. The van der Waals surface area contributed by atoms with E-state index in [4.69, 9.17) is 5.11 Å².